The molecule has 3 heterocycles. The van der Waals surface area contributed by atoms with Gasteiger partial charge in [0.05, 0.1) is 12.1 Å². The van der Waals surface area contributed by atoms with Crippen molar-refractivity contribution in [1.82, 2.24) is 14.4 Å². The van der Waals surface area contributed by atoms with Gasteiger partial charge in [-0.15, -0.1) is 0 Å². The van der Waals surface area contributed by atoms with Gasteiger partial charge in [0, 0.05) is 32.4 Å². The maximum atomic E-state index is 13.2. The average Bonchev–Trinajstić information content (AvgIpc) is 3.46. The number of aromatic nitrogens is 1. The Hall–Kier alpha value is -3.66. The Labute approximate surface area is 199 Å². The molecular weight excluding hydrogens is 466 g/mol. The SMILES string of the molecule is O=C(O)C(F)(F)F.O=C1c2cccn2[C@H]2CN(Cc3ccc(F)cc3)C[C@H]2N1Cc1ccccc1. The van der Waals surface area contributed by atoms with E-state index in [1.54, 1.807) is 0 Å². The molecule has 0 spiro atoms. The van der Waals surface area contributed by atoms with Crippen LogP contribution >= 0.6 is 0 Å². The lowest BCUT2D eigenvalue weighted by atomic mass is 10.0. The van der Waals surface area contributed by atoms with E-state index in [-0.39, 0.29) is 23.8 Å². The molecule has 1 saturated heterocycles. The molecule has 0 saturated carbocycles. The summed E-state index contributed by atoms with van der Waals surface area (Å²) in [5.74, 6) is -2.87. The molecule has 1 fully saturated rings. The maximum absolute atomic E-state index is 13.2. The van der Waals surface area contributed by atoms with Gasteiger partial charge in [-0.1, -0.05) is 42.5 Å². The zero-order valence-electron chi connectivity index (χ0n) is 18.5. The third-order valence-electron chi connectivity index (χ3n) is 6.11. The van der Waals surface area contributed by atoms with Crippen molar-refractivity contribution in [3.05, 3.63) is 95.6 Å². The molecule has 2 aliphatic rings. The molecular formula is C25H23F4N3O3. The highest BCUT2D eigenvalue weighted by atomic mass is 19.4. The third kappa shape index (κ3) is 5.54. The fourth-order valence-electron chi connectivity index (χ4n) is 4.53. The number of halogens is 4. The number of rotatable bonds is 4. The molecule has 2 aliphatic heterocycles. The lowest BCUT2D eigenvalue weighted by molar-refractivity contribution is -0.192. The highest BCUT2D eigenvalue weighted by Gasteiger charge is 2.44. The number of nitrogens with zero attached hydrogens (tertiary/aromatic N) is 3. The van der Waals surface area contributed by atoms with Gasteiger partial charge in [-0.05, 0) is 35.4 Å². The summed E-state index contributed by atoms with van der Waals surface area (Å²) in [6.45, 7) is 3.08. The van der Waals surface area contributed by atoms with Gasteiger partial charge in [0.25, 0.3) is 5.91 Å². The Morgan fingerprint density at radius 3 is 2.11 bits per heavy atom. The minimum absolute atomic E-state index is 0.0961. The van der Waals surface area contributed by atoms with Crippen molar-refractivity contribution in [1.29, 1.82) is 0 Å². The first-order valence-electron chi connectivity index (χ1n) is 10.9. The normalized spacial score (nSPS) is 19.5. The molecule has 1 N–H and O–H groups in total. The van der Waals surface area contributed by atoms with Crippen molar-refractivity contribution >= 4 is 11.9 Å². The highest BCUT2D eigenvalue weighted by Crippen LogP contribution is 2.35. The van der Waals surface area contributed by atoms with Gasteiger partial charge in [0.1, 0.15) is 11.5 Å². The van der Waals surface area contributed by atoms with Gasteiger partial charge >= 0.3 is 12.1 Å². The number of amides is 1. The Morgan fingerprint density at radius 2 is 1.49 bits per heavy atom. The van der Waals surface area contributed by atoms with Crippen LogP contribution in [0.2, 0.25) is 0 Å². The molecule has 184 valence electrons. The number of hydrogen-bond donors (Lipinski definition) is 1. The summed E-state index contributed by atoms with van der Waals surface area (Å²) < 4.78 is 47.1. The minimum Gasteiger partial charge on any atom is -0.475 e. The van der Waals surface area contributed by atoms with E-state index in [4.69, 9.17) is 9.90 Å². The molecule has 5 rings (SSSR count). The molecule has 2 atom stereocenters. The molecule has 10 heteroatoms. The molecule has 1 amide bonds. The van der Waals surface area contributed by atoms with E-state index in [0.717, 1.165) is 36.5 Å². The fourth-order valence-corrected chi connectivity index (χ4v) is 4.53. The van der Waals surface area contributed by atoms with Crippen molar-refractivity contribution in [2.75, 3.05) is 13.1 Å². The Balaban J connectivity index is 0.000000364. The van der Waals surface area contributed by atoms with Crippen LogP contribution in [0.25, 0.3) is 0 Å². The number of carbonyl (C=O) groups excluding carboxylic acids is 1. The standard InChI is InChI=1S/C23H22FN3O.C2HF3O2/c24-19-10-8-18(9-11-19)13-25-15-21-22(16-25)27(14-17-5-2-1-3-6-17)23(28)20-7-4-12-26(20)21;3-2(4,5)1(6)7/h1-12,21-22H,13-16H2;(H,6,7)/t21-,22+;/m0./s1. The van der Waals surface area contributed by atoms with Crippen LogP contribution in [0, 0.1) is 5.82 Å². The van der Waals surface area contributed by atoms with Crippen molar-refractivity contribution in [3.8, 4) is 0 Å². The van der Waals surface area contributed by atoms with Crippen LogP contribution in [0.5, 0.6) is 0 Å². The summed E-state index contributed by atoms with van der Waals surface area (Å²) in [7, 11) is 0. The molecule has 2 aromatic carbocycles. The number of hydrogen-bond acceptors (Lipinski definition) is 3. The molecule has 3 aromatic rings. The van der Waals surface area contributed by atoms with Gasteiger partial charge < -0.3 is 14.6 Å². The largest absolute Gasteiger partial charge is 0.490 e. The van der Waals surface area contributed by atoms with Crippen LogP contribution in [0.1, 0.15) is 27.7 Å². The second-order valence-electron chi connectivity index (χ2n) is 8.48. The van der Waals surface area contributed by atoms with Crippen molar-refractivity contribution in [2.45, 2.75) is 31.3 Å². The van der Waals surface area contributed by atoms with Gasteiger partial charge in [-0.3, -0.25) is 9.69 Å². The summed E-state index contributed by atoms with van der Waals surface area (Å²) in [6.07, 6.45) is -3.06. The van der Waals surface area contributed by atoms with Gasteiger partial charge in [0.15, 0.2) is 0 Å². The first-order chi connectivity index (χ1) is 16.6. The molecule has 6 nitrogen and oxygen atoms in total. The number of benzene rings is 2. The van der Waals surface area contributed by atoms with Crippen LogP contribution in [-0.2, 0) is 17.9 Å². The van der Waals surface area contributed by atoms with Crippen LogP contribution in [0.4, 0.5) is 17.6 Å². The minimum atomic E-state index is -5.08. The quantitative estimate of drug-likeness (QED) is 0.554. The number of alkyl halides is 3. The van der Waals surface area contributed by atoms with E-state index in [2.05, 4.69) is 21.6 Å². The van der Waals surface area contributed by atoms with Gasteiger partial charge in [-0.25, -0.2) is 9.18 Å². The second-order valence-corrected chi connectivity index (χ2v) is 8.48. The van der Waals surface area contributed by atoms with Crippen molar-refractivity contribution in [3.63, 3.8) is 0 Å². The molecule has 1 aromatic heterocycles. The average molecular weight is 489 g/mol. The lowest BCUT2D eigenvalue weighted by Crippen LogP contribution is -2.49. The number of carboxylic acids is 1. The Morgan fingerprint density at radius 1 is 0.886 bits per heavy atom. The number of likely N-dealkylation sites (tertiary alicyclic amines) is 1. The number of fused-ring (bicyclic) bond motifs is 3. The van der Waals surface area contributed by atoms with Crippen LogP contribution in [-0.4, -0.2) is 56.7 Å². The Kier molecular flexibility index (Phi) is 6.93. The summed E-state index contributed by atoms with van der Waals surface area (Å²) in [5, 5.41) is 7.12. The van der Waals surface area contributed by atoms with Gasteiger partial charge in [0.2, 0.25) is 0 Å². The summed E-state index contributed by atoms with van der Waals surface area (Å²) in [4.78, 5) is 26.5. The Bertz CT molecular complexity index is 1180. The van der Waals surface area contributed by atoms with E-state index in [1.165, 1.54) is 12.1 Å². The number of carboxylic acid groups (broad SMARTS) is 1. The monoisotopic (exact) mass is 489 g/mol. The topological polar surface area (TPSA) is 65.8 Å². The first kappa shape index (κ1) is 24.5. The number of aliphatic carboxylic acids is 1. The third-order valence-corrected chi connectivity index (χ3v) is 6.11. The molecule has 0 aliphatic carbocycles. The first-order valence-corrected chi connectivity index (χ1v) is 10.9. The van der Waals surface area contributed by atoms with Crippen LogP contribution < -0.4 is 0 Å². The maximum Gasteiger partial charge on any atom is 0.490 e. The van der Waals surface area contributed by atoms with E-state index >= 15 is 0 Å². The fraction of sp³-hybridized carbons (Fsp3) is 0.280. The predicted molar refractivity (Wildman–Crippen MR) is 119 cm³/mol. The molecule has 0 bridgehead atoms. The van der Waals surface area contributed by atoms with Crippen LogP contribution in [0.15, 0.2) is 72.9 Å². The highest BCUT2D eigenvalue weighted by molar-refractivity contribution is 5.94. The second kappa shape index (κ2) is 9.91. The summed E-state index contributed by atoms with van der Waals surface area (Å²) in [6, 6.07) is 21.1. The van der Waals surface area contributed by atoms with E-state index in [9.17, 15) is 22.4 Å². The smallest absolute Gasteiger partial charge is 0.475 e. The molecule has 35 heavy (non-hydrogen) atoms. The van der Waals surface area contributed by atoms with E-state index < -0.39 is 12.1 Å². The number of carbonyl (C=O) groups is 2. The zero-order valence-corrected chi connectivity index (χ0v) is 18.5. The van der Waals surface area contributed by atoms with Crippen molar-refractivity contribution < 1.29 is 32.3 Å². The summed E-state index contributed by atoms with van der Waals surface area (Å²) in [5.41, 5.74) is 3.00. The summed E-state index contributed by atoms with van der Waals surface area (Å²) >= 11 is 0. The molecule has 0 radical (unpaired) electrons. The predicted octanol–water partition coefficient (Wildman–Crippen LogP) is 4.34. The van der Waals surface area contributed by atoms with Crippen molar-refractivity contribution in [2.24, 2.45) is 0 Å². The van der Waals surface area contributed by atoms with Crippen LogP contribution in [0.3, 0.4) is 0 Å². The molecule has 0 unspecified atom stereocenters. The van der Waals surface area contributed by atoms with Gasteiger partial charge in [-0.2, -0.15) is 13.2 Å². The van der Waals surface area contributed by atoms with E-state index in [1.807, 2.05) is 53.6 Å². The van der Waals surface area contributed by atoms with E-state index in [0.29, 0.717) is 6.54 Å². The zero-order chi connectivity index (χ0) is 25.2. The lowest BCUT2D eigenvalue weighted by Gasteiger charge is -2.38.